The molecule has 126 valence electrons. The smallest absolute Gasteiger partial charge is 0.303 e. The molecule has 0 bridgehead atoms. The molecule has 0 saturated heterocycles. The minimum Gasteiger partial charge on any atom is -0.489 e. The van der Waals surface area contributed by atoms with Crippen molar-refractivity contribution in [1.82, 2.24) is 10.2 Å². The van der Waals surface area contributed by atoms with Gasteiger partial charge in [-0.15, -0.1) is 0 Å². The van der Waals surface area contributed by atoms with Gasteiger partial charge in [-0.3, -0.25) is 14.7 Å². The number of benzene rings is 1. The van der Waals surface area contributed by atoms with Gasteiger partial charge in [0.1, 0.15) is 28.9 Å². The second-order valence-corrected chi connectivity index (χ2v) is 5.69. The molecule has 0 saturated carbocycles. The molecule has 1 aromatic carbocycles. The number of Topliss-reactive ketones (excluding diaryl/α,β-unsaturated/α-hetero) is 1. The number of H-pyrrole nitrogens is 1. The van der Waals surface area contributed by atoms with Crippen molar-refractivity contribution in [3.05, 3.63) is 41.0 Å². The number of aromatic amines is 1. The van der Waals surface area contributed by atoms with E-state index in [9.17, 15) is 9.59 Å². The van der Waals surface area contributed by atoms with Crippen LogP contribution in [0.25, 0.3) is 11.3 Å². The summed E-state index contributed by atoms with van der Waals surface area (Å²) >= 11 is 4.99. The molecule has 1 heterocycles. The molecule has 2 rings (SSSR count). The van der Waals surface area contributed by atoms with Gasteiger partial charge in [-0.05, 0) is 31.2 Å². The van der Waals surface area contributed by atoms with Crippen LogP contribution in [0.1, 0.15) is 20.3 Å². The molecule has 0 aliphatic heterocycles. The number of esters is 1. The summed E-state index contributed by atoms with van der Waals surface area (Å²) in [5.74, 6) is 0.0575. The van der Waals surface area contributed by atoms with Crippen LogP contribution in [0, 0.1) is 4.64 Å². The first-order valence-corrected chi connectivity index (χ1v) is 7.81. The summed E-state index contributed by atoms with van der Waals surface area (Å²) < 4.78 is 11.4. The van der Waals surface area contributed by atoms with E-state index >= 15 is 0 Å². The van der Waals surface area contributed by atoms with Gasteiger partial charge in [-0.2, -0.15) is 5.10 Å². The van der Waals surface area contributed by atoms with E-state index in [1.165, 1.54) is 13.8 Å². The number of ether oxygens (including phenoxy) is 2. The van der Waals surface area contributed by atoms with Crippen molar-refractivity contribution in [2.24, 2.45) is 0 Å². The summed E-state index contributed by atoms with van der Waals surface area (Å²) in [4.78, 5) is 22.5. The summed E-state index contributed by atoms with van der Waals surface area (Å²) in [5.41, 5.74) is 1.45. The monoisotopic (exact) mass is 346 g/mol. The van der Waals surface area contributed by atoms with Crippen LogP contribution in [-0.4, -0.2) is 34.7 Å². The highest BCUT2D eigenvalue weighted by Crippen LogP contribution is 2.28. The second-order valence-electron chi connectivity index (χ2n) is 5.25. The molecule has 1 unspecified atom stereocenters. The van der Waals surface area contributed by atoms with Crippen LogP contribution >= 0.6 is 12.2 Å². The Morgan fingerprint density at radius 1 is 1.21 bits per heavy atom. The van der Waals surface area contributed by atoms with Gasteiger partial charge in [0.25, 0.3) is 0 Å². The average molecular weight is 346 g/mol. The van der Waals surface area contributed by atoms with Crippen molar-refractivity contribution in [2.45, 2.75) is 26.4 Å². The van der Waals surface area contributed by atoms with Crippen LogP contribution < -0.4 is 4.74 Å². The van der Waals surface area contributed by atoms with Gasteiger partial charge in [0.05, 0.1) is 5.69 Å². The number of rotatable bonds is 7. The van der Waals surface area contributed by atoms with E-state index in [2.05, 4.69) is 10.2 Å². The average Bonchev–Trinajstić information content (AvgIpc) is 2.53. The zero-order valence-corrected chi connectivity index (χ0v) is 14.3. The lowest BCUT2D eigenvalue weighted by atomic mass is 10.1. The predicted octanol–water partition coefficient (Wildman–Crippen LogP) is 3.10. The minimum absolute atomic E-state index is 0.0737. The molecule has 0 fully saturated rings. The molecule has 0 aliphatic rings. The molecule has 6 nitrogen and oxygen atoms in total. The van der Waals surface area contributed by atoms with E-state index in [-0.39, 0.29) is 18.8 Å². The number of para-hydroxylation sites is 1. The maximum absolute atomic E-state index is 11.3. The molecular formula is C17H18N2O4S. The van der Waals surface area contributed by atoms with Gasteiger partial charge in [-0.1, -0.05) is 24.4 Å². The summed E-state index contributed by atoms with van der Waals surface area (Å²) in [6.07, 6.45) is -0.513. The molecule has 7 heteroatoms. The Hall–Kier alpha value is -2.54. The first-order chi connectivity index (χ1) is 11.5. The maximum atomic E-state index is 11.3. The lowest BCUT2D eigenvalue weighted by Gasteiger charge is -2.18. The third-order valence-electron chi connectivity index (χ3n) is 3.11. The number of aromatic nitrogens is 2. The lowest BCUT2D eigenvalue weighted by Crippen LogP contribution is -2.26. The van der Waals surface area contributed by atoms with Gasteiger partial charge in [0.2, 0.25) is 0 Å². The molecule has 1 N–H and O–H groups in total. The van der Waals surface area contributed by atoms with Crippen molar-refractivity contribution in [3.8, 4) is 17.0 Å². The quantitative estimate of drug-likeness (QED) is 0.613. The first-order valence-electron chi connectivity index (χ1n) is 7.40. The molecule has 1 aromatic heterocycles. The second kappa shape index (κ2) is 8.35. The molecular weight excluding hydrogens is 328 g/mol. The van der Waals surface area contributed by atoms with Gasteiger partial charge in [-0.25, -0.2) is 0 Å². The zero-order chi connectivity index (χ0) is 17.5. The largest absolute Gasteiger partial charge is 0.489 e. The Balaban J connectivity index is 2.17. The topological polar surface area (TPSA) is 81.3 Å². The highest BCUT2D eigenvalue weighted by atomic mass is 32.1. The van der Waals surface area contributed by atoms with Crippen LogP contribution in [0.4, 0.5) is 0 Å². The predicted molar refractivity (Wildman–Crippen MR) is 91.2 cm³/mol. The standard InChI is InChI=1S/C17H18N2O4S/c1-11(20)9-13(23-12(2)21)10-22-16-6-4-3-5-14(16)15-7-8-17(24)19-18-15/h3-8,13H,9-10H2,1-2H3,(H,19,24). The zero-order valence-electron chi connectivity index (χ0n) is 13.4. The molecule has 0 spiro atoms. The molecule has 0 aliphatic carbocycles. The number of nitrogens with zero attached hydrogens (tertiary/aromatic N) is 1. The van der Waals surface area contributed by atoms with Crippen LogP contribution in [0.15, 0.2) is 36.4 Å². The van der Waals surface area contributed by atoms with Crippen LogP contribution in [0.5, 0.6) is 5.75 Å². The Morgan fingerprint density at radius 3 is 2.58 bits per heavy atom. The Morgan fingerprint density at radius 2 is 1.96 bits per heavy atom. The number of carbonyl (C=O) groups is 2. The van der Waals surface area contributed by atoms with E-state index < -0.39 is 12.1 Å². The number of nitrogens with one attached hydrogen (secondary N) is 1. The van der Waals surface area contributed by atoms with E-state index in [1.54, 1.807) is 18.2 Å². The number of hydrogen-bond donors (Lipinski definition) is 1. The Kier molecular flexibility index (Phi) is 6.20. The van der Waals surface area contributed by atoms with Crippen molar-refractivity contribution < 1.29 is 19.1 Å². The lowest BCUT2D eigenvalue weighted by molar-refractivity contribution is -0.149. The minimum atomic E-state index is -0.623. The van der Waals surface area contributed by atoms with E-state index in [4.69, 9.17) is 21.7 Å². The summed E-state index contributed by atoms with van der Waals surface area (Å²) in [6, 6.07) is 10.9. The molecule has 0 radical (unpaired) electrons. The van der Waals surface area contributed by atoms with Gasteiger partial charge in [0.15, 0.2) is 0 Å². The summed E-state index contributed by atoms with van der Waals surface area (Å²) in [6.45, 7) is 2.83. The van der Waals surface area contributed by atoms with Gasteiger partial charge < -0.3 is 9.47 Å². The van der Waals surface area contributed by atoms with Gasteiger partial charge in [0, 0.05) is 18.9 Å². The highest BCUT2D eigenvalue weighted by Gasteiger charge is 2.17. The van der Waals surface area contributed by atoms with Crippen LogP contribution in [0.3, 0.4) is 0 Å². The fourth-order valence-electron chi connectivity index (χ4n) is 2.17. The maximum Gasteiger partial charge on any atom is 0.303 e. The fourth-order valence-corrected chi connectivity index (χ4v) is 2.28. The number of ketones is 1. The Bertz CT molecular complexity index is 752. The van der Waals surface area contributed by atoms with Crippen LogP contribution in [0.2, 0.25) is 0 Å². The summed E-state index contributed by atoms with van der Waals surface area (Å²) in [5, 5.41) is 6.92. The molecule has 24 heavy (non-hydrogen) atoms. The van der Waals surface area contributed by atoms with E-state index in [0.717, 1.165) is 5.56 Å². The highest BCUT2D eigenvalue weighted by molar-refractivity contribution is 7.71. The Labute approximate surface area is 144 Å². The molecule has 2 aromatic rings. The number of carbonyl (C=O) groups excluding carboxylic acids is 2. The van der Waals surface area contributed by atoms with Crippen molar-refractivity contribution in [3.63, 3.8) is 0 Å². The summed E-state index contributed by atoms with van der Waals surface area (Å²) in [7, 11) is 0. The van der Waals surface area contributed by atoms with Crippen LogP contribution in [-0.2, 0) is 14.3 Å². The first kappa shape index (κ1) is 17.8. The fraction of sp³-hybridized carbons (Fsp3) is 0.294. The van der Waals surface area contributed by atoms with Gasteiger partial charge >= 0.3 is 5.97 Å². The van der Waals surface area contributed by atoms with Crippen molar-refractivity contribution >= 4 is 24.0 Å². The molecule has 1 atom stereocenters. The normalized spacial score (nSPS) is 11.6. The van der Waals surface area contributed by atoms with E-state index in [0.29, 0.717) is 16.1 Å². The SMILES string of the molecule is CC(=O)CC(COc1ccccc1-c1ccc(=S)[nH]n1)OC(C)=O. The van der Waals surface area contributed by atoms with Crippen molar-refractivity contribution in [1.29, 1.82) is 0 Å². The van der Waals surface area contributed by atoms with Crippen molar-refractivity contribution in [2.75, 3.05) is 6.61 Å². The third kappa shape index (κ3) is 5.27. The third-order valence-corrected chi connectivity index (χ3v) is 3.34. The van der Waals surface area contributed by atoms with E-state index in [1.807, 2.05) is 18.2 Å². The number of hydrogen-bond acceptors (Lipinski definition) is 6. The molecule has 0 amide bonds.